The minimum Gasteiger partial charge on any atom is -0.489 e. The second kappa shape index (κ2) is 6.10. The average Bonchev–Trinajstić information content (AvgIpc) is 2.95. The Bertz CT molecular complexity index is 936. The second-order valence-corrected chi connectivity index (χ2v) is 5.95. The Morgan fingerprint density at radius 1 is 1.36 bits per heavy atom. The summed E-state index contributed by atoms with van der Waals surface area (Å²) in [6.07, 6.45) is 0. The molecule has 3 N–H and O–H groups in total. The monoisotopic (exact) mass is 339 g/mol. The van der Waals surface area contributed by atoms with Crippen molar-refractivity contribution in [3.05, 3.63) is 53.6 Å². The Morgan fingerprint density at radius 3 is 2.92 bits per heavy atom. The van der Waals surface area contributed by atoms with Gasteiger partial charge in [0.2, 0.25) is 5.95 Å². The summed E-state index contributed by atoms with van der Waals surface area (Å²) >= 11 is 0. The Labute approximate surface area is 143 Å². The lowest BCUT2D eigenvalue weighted by atomic mass is 10.1. The molecular weight excluding hydrogens is 322 g/mol. The molecule has 0 radical (unpaired) electrons. The number of benzene rings is 2. The first kappa shape index (κ1) is 15.5. The number of carboxylic acid groups (broad SMARTS) is 1. The fraction of sp³-hybridized carbons (Fsp3) is 0.222. The van der Waals surface area contributed by atoms with Crippen LogP contribution in [-0.2, 0) is 11.3 Å². The highest BCUT2D eigenvalue weighted by Gasteiger charge is 2.27. The van der Waals surface area contributed by atoms with Crippen LogP contribution < -0.4 is 10.5 Å². The van der Waals surface area contributed by atoms with Crippen LogP contribution in [0, 0.1) is 0 Å². The number of nitrogens with zero attached hydrogens (tertiary/aromatic N) is 2. The zero-order valence-corrected chi connectivity index (χ0v) is 13.4. The molecule has 1 aliphatic heterocycles. The van der Waals surface area contributed by atoms with E-state index < -0.39 is 5.97 Å². The highest BCUT2D eigenvalue weighted by molar-refractivity contribution is 5.96. The summed E-state index contributed by atoms with van der Waals surface area (Å²) < 4.78 is 13.4. The lowest BCUT2D eigenvalue weighted by molar-refractivity contribution is 0.0681. The van der Waals surface area contributed by atoms with Gasteiger partial charge < -0.3 is 20.3 Å². The van der Waals surface area contributed by atoms with Crippen LogP contribution in [0.4, 0.5) is 5.95 Å². The highest BCUT2D eigenvalue weighted by atomic mass is 16.5. The summed E-state index contributed by atoms with van der Waals surface area (Å²) in [6.45, 7) is 1.27. The largest absolute Gasteiger partial charge is 0.489 e. The molecule has 3 aromatic rings. The van der Waals surface area contributed by atoms with Crippen molar-refractivity contribution in [2.24, 2.45) is 0 Å². The summed E-state index contributed by atoms with van der Waals surface area (Å²) in [6, 6.07) is 12.8. The van der Waals surface area contributed by atoms with Crippen LogP contribution in [-0.4, -0.2) is 33.8 Å². The number of rotatable bonds is 5. The number of imidazole rings is 1. The van der Waals surface area contributed by atoms with Gasteiger partial charge in [-0.25, -0.2) is 9.78 Å². The van der Waals surface area contributed by atoms with Gasteiger partial charge in [-0.1, -0.05) is 30.3 Å². The topological polar surface area (TPSA) is 99.6 Å². The quantitative estimate of drug-likeness (QED) is 0.741. The number of hydrogen-bond donors (Lipinski definition) is 2. The lowest BCUT2D eigenvalue weighted by Crippen LogP contribution is -2.27. The maximum Gasteiger partial charge on any atom is 0.335 e. The molecule has 0 amide bonds. The van der Waals surface area contributed by atoms with Gasteiger partial charge in [0.05, 0.1) is 30.3 Å². The van der Waals surface area contributed by atoms with E-state index in [-0.39, 0.29) is 11.6 Å². The van der Waals surface area contributed by atoms with Crippen molar-refractivity contribution in [1.82, 2.24) is 9.55 Å². The van der Waals surface area contributed by atoms with Gasteiger partial charge in [-0.3, -0.25) is 4.57 Å². The summed E-state index contributed by atoms with van der Waals surface area (Å²) in [4.78, 5) is 15.5. The molecule has 128 valence electrons. The molecule has 0 bridgehead atoms. The van der Waals surface area contributed by atoms with Gasteiger partial charge in [0, 0.05) is 0 Å². The predicted molar refractivity (Wildman–Crippen MR) is 91.7 cm³/mol. The minimum atomic E-state index is -1.02. The van der Waals surface area contributed by atoms with Gasteiger partial charge in [0.1, 0.15) is 17.9 Å². The zero-order valence-electron chi connectivity index (χ0n) is 13.4. The first-order chi connectivity index (χ1) is 12.1. The van der Waals surface area contributed by atoms with E-state index >= 15 is 0 Å². The zero-order chi connectivity index (χ0) is 17.4. The van der Waals surface area contributed by atoms with Gasteiger partial charge in [0.15, 0.2) is 0 Å². The van der Waals surface area contributed by atoms with E-state index in [1.807, 2.05) is 34.9 Å². The molecule has 0 fully saturated rings. The van der Waals surface area contributed by atoms with Gasteiger partial charge in [-0.05, 0) is 17.7 Å². The molecule has 0 spiro atoms. The van der Waals surface area contributed by atoms with Crippen LogP contribution in [0.25, 0.3) is 11.0 Å². The van der Waals surface area contributed by atoms with Gasteiger partial charge >= 0.3 is 5.97 Å². The van der Waals surface area contributed by atoms with Crippen LogP contribution in [0.3, 0.4) is 0 Å². The molecule has 1 aliphatic rings. The molecule has 2 aromatic carbocycles. The van der Waals surface area contributed by atoms with E-state index in [9.17, 15) is 9.90 Å². The van der Waals surface area contributed by atoms with Crippen molar-refractivity contribution >= 4 is 23.0 Å². The van der Waals surface area contributed by atoms with Crippen molar-refractivity contribution < 1.29 is 19.4 Å². The van der Waals surface area contributed by atoms with E-state index in [2.05, 4.69) is 4.98 Å². The van der Waals surface area contributed by atoms with Gasteiger partial charge in [0.25, 0.3) is 0 Å². The standard InChI is InChI=1S/C18H17N3O4/c19-18-20-14-6-12(17(22)23)7-15-16(14)21(18)13(10-25-15)9-24-8-11-4-2-1-3-5-11/h1-7,13H,8-10H2,(H2,19,20)(H,22,23). The van der Waals surface area contributed by atoms with Crippen LogP contribution in [0.1, 0.15) is 22.0 Å². The Morgan fingerprint density at radius 2 is 2.16 bits per heavy atom. The smallest absolute Gasteiger partial charge is 0.335 e. The minimum absolute atomic E-state index is 0.114. The fourth-order valence-electron chi connectivity index (χ4n) is 3.09. The van der Waals surface area contributed by atoms with Crippen molar-refractivity contribution in [3.8, 4) is 5.75 Å². The fourth-order valence-corrected chi connectivity index (χ4v) is 3.09. The molecule has 1 aromatic heterocycles. The molecular formula is C18H17N3O4. The number of carbonyl (C=O) groups is 1. The van der Waals surface area contributed by atoms with Crippen LogP contribution in [0.2, 0.25) is 0 Å². The Kier molecular flexibility index (Phi) is 3.77. The number of aromatic nitrogens is 2. The Balaban J connectivity index is 1.59. The summed E-state index contributed by atoms with van der Waals surface area (Å²) in [7, 11) is 0. The number of hydrogen-bond acceptors (Lipinski definition) is 5. The van der Waals surface area contributed by atoms with Crippen LogP contribution >= 0.6 is 0 Å². The first-order valence-electron chi connectivity index (χ1n) is 7.92. The van der Waals surface area contributed by atoms with E-state index in [0.717, 1.165) is 5.56 Å². The third kappa shape index (κ3) is 2.78. The summed E-state index contributed by atoms with van der Waals surface area (Å²) in [5, 5.41) is 9.19. The SMILES string of the molecule is Nc1nc2cc(C(=O)O)cc3c2n1C(COCc1ccccc1)CO3. The summed E-state index contributed by atoms with van der Waals surface area (Å²) in [5.41, 5.74) is 8.51. The number of nitrogen functional groups attached to an aromatic ring is 1. The van der Waals surface area contributed by atoms with Crippen molar-refractivity contribution in [3.63, 3.8) is 0 Å². The highest BCUT2D eigenvalue weighted by Crippen LogP contribution is 2.36. The van der Waals surface area contributed by atoms with E-state index in [1.54, 1.807) is 0 Å². The average molecular weight is 339 g/mol. The third-order valence-electron chi connectivity index (χ3n) is 4.24. The maximum absolute atomic E-state index is 11.2. The molecule has 4 rings (SSSR count). The molecule has 0 saturated carbocycles. The van der Waals surface area contributed by atoms with Crippen LogP contribution in [0.5, 0.6) is 5.75 Å². The van der Waals surface area contributed by atoms with E-state index in [4.69, 9.17) is 15.2 Å². The van der Waals surface area contributed by atoms with Gasteiger partial charge in [-0.15, -0.1) is 0 Å². The number of ether oxygens (including phenoxy) is 2. The number of anilines is 1. The summed E-state index contributed by atoms with van der Waals surface area (Å²) in [5.74, 6) is -0.211. The Hall–Kier alpha value is -3.06. The molecule has 2 heterocycles. The van der Waals surface area contributed by atoms with E-state index in [1.165, 1.54) is 12.1 Å². The van der Waals surface area contributed by atoms with Crippen molar-refractivity contribution in [2.45, 2.75) is 12.6 Å². The molecule has 7 heteroatoms. The molecule has 7 nitrogen and oxygen atoms in total. The second-order valence-electron chi connectivity index (χ2n) is 5.95. The van der Waals surface area contributed by atoms with Crippen molar-refractivity contribution in [1.29, 1.82) is 0 Å². The molecule has 25 heavy (non-hydrogen) atoms. The molecule has 0 aliphatic carbocycles. The van der Waals surface area contributed by atoms with Crippen molar-refractivity contribution in [2.75, 3.05) is 18.9 Å². The molecule has 1 atom stereocenters. The number of carboxylic acids is 1. The number of nitrogens with two attached hydrogens (primary N) is 1. The molecule has 1 unspecified atom stereocenters. The predicted octanol–water partition coefficient (Wildman–Crippen LogP) is 2.47. The maximum atomic E-state index is 11.2. The first-order valence-corrected chi connectivity index (χ1v) is 7.92. The third-order valence-corrected chi connectivity index (χ3v) is 4.24. The lowest BCUT2D eigenvalue weighted by Gasteiger charge is -2.26. The van der Waals surface area contributed by atoms with Crippen LogP contribution in [0.15, 0.2) is 42.5 Å². The normalized spacial score (nSPS) is 15.9. The number of aromatic carboxylic acids is 1. The van der Waals surface area contributed by atoms with E-state index in [0.29, 0.717) is 42.6 Å². The van der Waals surface area contributed by atoms with Gasteiger partial charge in [-0.2, -0.15) is 0 Å². The molecule has 0 saturated heterocycles.